The summed E-state index contributed by atoms with van der Waals surface area (Å²) >= 11 is 0. The predicted molar refractivity (Wildman–Crippen MR) is 57.3 cm³/mol. The summed E-state index contributed by atoms with van der Waals surface area (Å²) in [5.74, 6) is -0.601. The van der Waals surface area contributed by atoms with E-state index >= 15 is 0 Å². The van der Waals surface area contributed by atoms with Gasteiger partial charge in [0.2, 0.25) is 0 Å². The highest BCUT2D eigenvalue weighted by Crippen LogP contribution is 2.07. The fourth-order valence-electron chi connectivity index (χ4n) is 1.42. The van der Waals surface area contributed by atoms with Crippen molar-refractivity contribution in [1.82, 2.24) is 4.98 Å². The molecule has 0 aliphatic carbocycles. The third-order valence-corrected chi connectivity index (χ3v) is 2.24. The van der Waals surface area contributed by atoms with Crippen molar-refractivity contribution in [1.29, 1.82) is 0 Å². The van der Waals surface area contributed by atoms with Gasteiger partial charge in [-0.25, -0.2) is 9.78 Å². The third kappa shape index (κ3) is 2.48. The molecule has 0 aliphatic heterocycles. The molecule has 16 heavy (non-hydrogen) atoms. The average molecular weight is 217 g/mol. The lowest BCUT2D eigenvalue weighted by Crippen LogP contribution is -1.97. The minimum Gasteiger partial charge on any atom is -0.476 e. The van der Waals surface area contributed by atoms with E-state index in [1.165, 1.54) is 11.8 Å². The number of carbonyl (C=O) groups is 1. The third-order valence-electron chi connectivity index (χ3n) is 2.24. The van der Waals surface area contributed by atoms with Gasteiger partial charge in [-0.2, -0.15) is 0 Å². The molecule has 82 valence electrons. The Labute approximate surface area is 92.6 Å². The smallest absolute Gasteiger partial charge is 0.357 e. The Morgan fingerprint density at radius 1 is 1.25 bits per heavy atom. The van der Waals surface area contributed by atoms with Gasteiger partial charge in [0.05, 0.1) is 0 Å². The number of carboxylic acids is 1. The number of carboxylic acid groups (broad SMARTS) is 1. The van der Waals surface area contributed by atoms with Gasteiger partial charge in [0.25, 0.3) is 0 Å². The Hall–Kier alpha value is -2.10. The molecule has 1 heterocycles. The van der Waals surface area contributed by atoms with Crippen LogP contribution in [0.1, 0.15) is 21.9 Å². The van der Waals surface area contributed by atoms with Gasteiger partial charge in [-0.15, -0.1) is 0 Å². The molecule has 1 N–H and O–H groups in total. The second kappa shape index (κ2) is 4.61. The minimum atomic E-state index is -1.06. The lowest BCUT2D eigenvalue weighted by atomic mass is 10.1. The number of oxazole rings is 1. The number of aromatic nitrogens is 1. The molecule has 0 saturated heterocycles. The quantitative estimate of drug-likeness (QED) is 0.852. The molecule has 4 heteroatoms. The van der Waals surface area contributed by atoms with E-state index in [0.717, 1.165) is 6.42 Å². The summed E-state index contributed by atoms with van der Waals surface area (Å²) < 4.78 is 5.06. The van der Waals surface area contributed by atoms with Crippen LogP contribution >= 0.6 is 0 Å². The average Bonchev–Trinajstić information content (AvgIpc) is 2.76. The van der Waals surface area contributed by atoms with Gasteiger partial charge in [0, 0.05) is 6.42 Å². The summed E-state index contributed by atoms with van der Waals surface area (Å²) in [6.07, 6.45) is 2.57. The monoisotopic (exact) mass is 217 g/mol. The van der Waals surface area contributed by atoms with Crippen molar-refractivity contribution in [2.24, 2.45) is 0 Å². The van der Waals surface area contributed by atoms with E-state index in [1.807, 2.05) is 30.3 Å². The van der Waals surface area contributed by atoms with Gasteiger partial charge in [-0.1, -0.05) is 30.3 Å². The summed E-state index contributed by atoms with van der Waals surface area (Å²) in [5.41, 5.74) is 1.14. The summed E-state index contributed by atoms with van der Waals surface area (Å²) in [7, 11) is 0. The molecule has 0 amide bonds. The number of hydrogen-bond acceptors (Lipinski definition) is 3. The fraction of sp³-hybridized carbons (Fsp3) is 0.167. The van der Waals surface area contributed by atoms with Crippen LogP contribution in [0.15, 0.2) is 41.0 Å². The molecule has 0 unspecified atom stereocenters. The number of benzene rings is 1. The van der Waals surface area contributed by atoms with Crippen molar-refractivity contribution in [3.63, 3.8) is 0 Å². The molecular weight excluding hydrogens is 206 g/mol. The fourth-order valence-corrected chi connectivity index (χ4v) is 1.42. The van der Waals surface area contributed by atoms with Crippen molar-refractivity contribution in [3.8, 4) is 0 Å². The first-order chi connectivity index (χ1) is 7.75. The Bertz CT molecular complexity index is 476. The molecular formula is C12H11NO3. The van der Waals surface area contributed by atoms with E-state index < -0.39 is 5.97 Å². The first-order valence-corrected chi connectivity index (χ1v) is 4.97. The first kappa shape index (κ1) is 10.4. The molecule has 4 nitrogen and oxygen atoms in total. The van der Waals surface area contributed by atoms with Crippen molar-refractivity contribution < 1.29 is 14.3 Å². The normalized spacial score (nSPS) is 10.2. The molecule has 0 fully saturated rings. The Morgan fingerprint density at radius 3 is 2.62 bits per heavy atom. The highest BCUT2D eigenvalue weighted by Gasteiger charge is 2.09. The van der Waals surface area contributed by atoms with Crippen LogP contribution < -0.4 is 0 Å². The van der Waals surface area contributed by atoms with Crippen molar-refractivity contribution in [2.75, 3.05) is 0 Å². The van der Waals surface area contributed by atoms with E-state index in [1.54, 1.807) is 0 Å². The van der Waals surface area contributed by atoms with Gasteiger partial charge in [-0.3, -0.25) is 0 Å². The number of hydrogen-bond donors (Lipinski definition) is 1. The maximum Gasteiger partial charge on any atom is 0.357 e. The van der Waals surface area contributed by atoms with E-state index in [2.05, 4.69) is 4.98 Å². The first-order valence-electron chi connectivity index (χ1n) is 4.97. The van der Waals surface area contributed by atoms with E-state index in [0.29, 0.717) is 12.3 Å². The number of nitrogens with zero attached hydrogens (tertiary/aromatic N) is 1. The van der Waals surface area contributed by atoms with E-state index in [9.17, 15) is 4.79 Å². The van der Waals surface area contributed by atoms with Gasteiger partial charge in [0.15, 0.2) is 11.6 Å². The van der Waals surface area contributed by atoms with Gasteiger partial charge in [0.1, 0.15) is 6.26 Å². The highest BCUT2D eigenvalue weighted by molar-refractivity contribution is 5.84. The Kier molecular flexibility index (Phi) is 3.00. The maximum absolute atomic E-state index is 10.6. The van der Waals surface area contributed by atoms with Crippen LogP contribution in [0, 0.1) is 0 Å². The molecule has 2 rings (SSSR count). The molecule has 0 bridgehead atoms. The zero-order valence-electron chi connectivity index (χ0n) is 8.59. The number of aromatic carboxylic acids is 1. The molecule has 0 spiro atoms. The Balaban J connectivity index is 1.97. The van der Waals surface area contributed by atoms with Gasteiger partial charge < -0.3 is 9.52 Å². The molecule has 1 aromatic heterocycles. The van der Waals surface area contributed by atoms with Crippen LogP contribution in [0.4, 0.5) is 0 Å². The largest absolute Gasteiger partial charge is 0.476 e. The van der Waals surface area contributed by atoms with Crippen molar-refractivity contribution in [2.45, 2.75) is 12.8 Å². The van der Waals surface area contributed by atoms with Crippen LogP contribution in [0.5, 0.6) is 0 Å². The van der Waals surface area contributed by atoms with Crippen LogP contribution in [0.2, 0.25) is 0 Å². The summed E-state index contributed by atoms with van der Waals surface area (Å²) in [5, 5.41) is 8.66. The molecule has 1 aromatic carbocycles. The molecule has 0 saturated carbocycles. The topological polar surface area (TPSA) is 63.3 Å². The zero-order valence-corrected chi connectivity index (χ0v) is 8.59. The molecule has 0 aliphatic rings. The molecule has 0 atom stereocenters. The standard InChI is InChI=1S/C12H11NO3/c14-12(15)10-8-16-11(13-10)7-6-9-4-2-1-3-5-9/h1-5,8H,6-7H2,(H,14,15). The molecule has 2 aromatic rings. The maximum atomic E-state index is 10.6. The Morgan fingerprint density at radius 2 is 2.00 bits per heavy atom. The molecule has 0 radical (unpaired) electrons. The lowest BCUT2D eigenvalue weighted by molar-refractivity contribution is 0.0690. The van der Waals surface area contributed by atoms with E-state index in [-0.39, 0.29) is 5.69 Å². The summed E-state index contributed by atoms with van der Waals surface area (Å²) in [6, 6.07) is 9.92. The van der Waals surface area contributed by atoms with E-state index in [4.69, 9.17) is 9.52 Å². The van der Waals surface area contributed by atoms with Crippen LogP contribution in [0.3, 0.4) is 0 Å². The second-order valence-electron chi connectivity index (χ2n) is 3.42. The lowest BCUT2D eigenvalue weighted by Gasteiger charge is -1.96. The van der Waals surface area contributed by atoms with Crippen LogP contribution in [-0.4, -0.2) is 16.1 Å². The highest BCUT2D eigenvalue weighted by atomic mass is 16.4. The predicted octanol–water partition coefficient (Wildman–Crippen LogP) is 2.16. The van der Waals surface area contributed by atoms with Gasteiger partial charge >= 0.3 is 5.97 Å². The minimum absolute atomic E-state index is 0.0388. The SMILES string of the molecule is O=C(O)c1coc(CCc2ccccc2)n1. The van der Waals surface area contributed by atoms with Gasteiger partial charge in [-0.05, 0) is 12.0 Å². The zero-order chi connectivity index (χ0) is 11.4. The number of aryl methyl sites for hydroxylation is 2. The summed E-state index contributed by atoms with van der Waals surface area (Å²) in [6.45, 7) is 0. The van der Waals surface area contributed by atoms with Crippen LogP contribution in [0.25, 0.3) is 0 Å². The summed E-state index contributed by atoms with van der Waals surface area (Å²) in [4.78, 5) is 14.4. The van der Waals surface area contributed by atoms with Crippen molar-refractivity contribution in [3.05, 3.63) is 53.7 Å². The second-order valence-corrected chi connectivity index (χ2v) is 3.42. The number of rotatable bonds is 4. The van der Waals surface area contributed by atoms with Crippen LogP contribution in [-0.2, 0) is 12.8 Å². The van der Waals surface area contributed by atoms with Crippen molar-refractivity contribution >= 4 is 5.97 Å².